The molecule has 0 atom stereocenters. The zero-order chi connectivity index (χ0) is 24.1. The molecule has 0 saturated heterocycles. The van der Waals surface area contributed by atoms with Crippen molar-refractivity contribution >= 4 is 35.0 Å². The standard InChI is InChI=1S/C18H15ClF3N3O7/c1-3-31-14-6-12(25(28)29)10(5-13(14)30-2)17(27)32-8-15(26)24-16-11(19)4-9(7-23-16)18(20,21)22/h4-7H,3,8H2,1-2H3,(H,23,24,26). The predicted octanol–water partition coefficient (Wildman–Crippen LogP) is 3.86. The summed E-state index contributed by atoms with van der Waals surface area (Å²) in [6.07, 6.45) is -4.22. The molecule has 10 nitrogen and oxygen atoms in total. The van der Waals surface area contributed by atoms with Crippen LogP contribution in [0.2, 0.25) is 5.02 Å². The summed E-state index contributed by atoms with van der Waals surface area (Å²) in [6, 6.07) is 2.56. The molecule has 14 heteroatoms. The SMILES string of the molecule is CCOc1cc([N+](=O)[O-])c(C(=O)OCC(=O)Nc2ncc(C(F)(F)F)cc2Cl)cc1OC. The number of nitro groups is 1. The number of amides is 1. The van der Waals surface area contributed by atoms with Gasteiger partial charge in [-0.25, -0.2) is 9.78 Å². The van der Waals surface area contributed by atoms with Crippen molar-refractivity contribution in [1.29, 1.82) is 0 Å². The Morgan fingerprint density at radius 1 is 1.25 bits per heavy atom. The highest BCUT2D eigenvalue weighted by Crippen LogP contribution is 2.35. The Morgan fingerprint density at radius 2 is 1.94 bits per heavy atom. The van der Waals surface area contributed by atoms with E-state index in [-0.39, 0.29) is 18.1 Å². The molecule has 32 heavy (non-hydrogen) atoms. The zero-order valence-electron chi connectivity index (χ0n) is 16.5. The Balaban J connectivity index is 2.13. The van der Waals surface area contributed by atoms with Gasteiger partial charge >= 0.3 is 12.1 Å². The van der Waals surface area contributed by atoms with Gasteiger partial charge in [0, 0.05) is 12.3 Å². The van der Waals surface area contributed by atoms with Gasteiger partial charge in [-0.2, -0.15) is 13.2 Å². The lowest BCUT2D eigenvalue weighted by atomic mass is 10.1. The maximum Gasteiger partial charge on any atom is 0.417 e. The molecule has 2 rings (SSSR count). The molecule has 0 fully saturated rings. The summed E-state index contributed by atoms with van der Waals surface area (Å²) in [7, 11) is 1.26. The van der Waals surface area contributed by atoms with Crippen LogP contribution >= 0.6 is 11.6 Å². The van der Waals surface area contributed by atoms with Crippen LogP contribution < -0.4 is 14.8 Å². The van der Waals surface area contributed by atoms with Crippen molar-refractivity contribution in [1.82, 2.24) is 4.98 Å². The maximum absolute atomic E-state index is 12.6. The third-order valence-electron chi connectivity index (χ3n) is 3.76. The first kappa shape index (κ1) is 24.7. The number of esters is 1. The van der Waals surface area contributed by atoms with Crippen LogP contribution in [0.1, 0.15) is 22.8 Å². The lowest BCUT2D eigenvalue weighted by Gasteiger charge is -2.12. The molecule has 1 amide bonds. The van der Waals surface area contributed by atoms with E-state index in [0.717, 1.165) is 12.1 Å². The Bertz CT molecular complexity index is 1050. The summed E-state index contributed by atoms with van der Waals surface area (Å²) in [4.78, 5) is 38.2. The Morgan fingerprint density at radius 3 is 2.47 bits per heavy atom. The topological polar surface area (TPSA) is 130 Å². The number of nitrogens with one attached hydrogen (secondary N) is 1. The van der Waals surface area contributed by atoms with E-state index < -0.39 is 57.2 Å². The van der Waals surface area contributed by atoms with E-state index in [4.69, 9.17) is 25.8 Å². The van der Waals surface area contributed by atoms with Crippen molar-refractivity contribution in [2.75, 3.05) is 25.6 Å². The van der Waals surface area contributed by atoms with E-state index in [9.17, 15) is 32.9 Å². The first-order valence-corrected chi connectivity index (χ1v) is 9.04. The number of ether oxygens (including phenoxy) is 3. The van der Waals surface area contributed by atoms with E-state index in [0.29, 0.717) is 12.3 Å². The summed E-state index contributed by atoms with van der Waals surface area (Å²) in [5.41, 5.74) is -2.27. The summed E-state index contributed by atoms with van der Waals surface area (Å²) in [5.74, 6) is -2.56. The molecule has 0 spiro atoms. The van der Waals surface area contributed by atoms with Crippen LogP contribution in [0.4, 0.5) is 24.7 Å². The van der Waals surface area contributed by atoms with E-state index in [1.54, 1.807) is 6.92 Å². The van der Waals surface area contributed by atoms with Gasteiger partial charge in [0.05, 0.1) is 35.3 Å². The molecule has 0 aliphatic carbocycles. The molecular formula is C18H15ClF3N3O7. The van der Waals surface area contributed by atoms with E-state index in [2.05, 4.69) is 10.3 Å². The average Bonchev–Trinajstić information content (AvgIpc) is 2.72. The highest BCUT2D eigenvalue weighted by atomic mass is 35.5. The second kappa shape index (κ2) is 10.1. The highest BCUT2D eigenvalue weighted by Gasteiger charge is 2.32. The second-order valence-corrected chi connectivity index (χ2v) is 6.29. The van der Waals surface area contributed by atoms with Gasteiger partial charge in [0.25, 0.3) is 11.6 Å². The monoisotopic (exact) mass is 477 g/mol. The fourth-order valence-corrected chi connectivity index (χ4v) is 2.57. The molecule has 0 aliphatic heterocycles. The van der Waals surface area contributed by atoms with Gasteiger partial charge in [0.15, 0.2) is 23.9 Å². The minimum atomic E-state index is -4.68. The molecule has 0 saturated carbocycles. The van der Waals surface area contributed by atoms with Crippen LogP contribution in [0.5, 0.6) is 11.5 Å². The Hall–Kier alpha value is -3.61. The average molecular weight is 478 g/mol. The summed E-state index contributed by atoms with van der Waals surface area (Å²) < 4.78 is 52.9. The number of benzene rings is 1. The number of hydrogen-bond acceptors (Lipinski definition) is 8. The van der Waals surface area contributed by atoms with Crippen LogP contribution in [0.3, 0.4) is 0 Å². The third-order valence-corrected chi connectivity index (χ3v) is 4.05. The van der Waals surface area contributed by atoms with Crippen molar-refractivity contribution in [3.05, 3.63) is 50.7 Å². The predicted molar refractivity (Wildman–Crippen MR) is 104 cm³/mol. The number of rotatable bonds is 8. The fraction of sp³-hybridized carbons (Fsp3) is 0.278. The lowest BCUT2D eigenvalue weighted by Crippen LogP contribution is -2.22. The van der Waals surface area contributed by atoms with Gasteiger partial charge in [-0.3, -0.25) is 14.9 Å². The first-order chi connectivity index (χ1) is 15.0. The van der Waals surface area contributed by atoms with Gasteiger partial charge in [-0.15, -0.1) is 0 Å². The van der Waals surface area contributed by atoms with Gasteiger partial charge in [0.2, 0.25) is 0 Å². The zero-order valence-corrected chi connectivity index (χ0v) is 17.2. The molecule has 172 valence electrons. The molecule has 0 unspecified atom stereocenters. The number of nitro benzene ring substituents is 1. The minimum absolute atomic E-state index is 0.0228. The van der Waals surface area contributed by atoms with Gasteiger partial charge in [-0.05, 0) is 13.0 Å². The summed E-state index contributed by atoms with van der Waals surface area (Å²) in [5, 5.41) is 12.9. The number of carbonyl (C=O) groups excluding carboxylic acids is 2. The number of carbonyl (C=O) groups is 2. The number of aromatic nitrogens is 1. The van der Waals surface area contributed by atoms with Crippen LogP contribution in [-0.2, 0) is 15.7 Å². The number of pyridine rings is 1. The van der Waals surface area contributed by atoms with E-state index in [1.165, 1.54) is 7.11 Å². The van der Waals surface area contributed by atoms with Crippen molar-refractivity contribution in [3.63, 3.8) is 0 Å². The summed E-state index contributed by atoms with van der Waals surface area (Å²) >= 11 is 5.68. The molecule has 1 aromatic carbocycles. The van der Waals surface area contributed by atoms with Gasteiger partial charge < -0.3 is 19.5 Å². The number of anilines is 1. The molecule has 1 heterocycles. The Labute approximate surface area is 183 Å². The van der Waals surface area contributed by atoms with Crippen molar-refractivity contribution in [2.24, 2.45) is 0 Å². The highest BCUT2D eigenvalue weighted by molar-refractivity contribution is 6.33. The molecule has 0 aliphatic rings. The van der Waals surface area contributed by atoms with Crippen molar-refractivity contribution < 1.29 is 41.9 Å². The number of methoxy groups -OCH3 is 1. The summed E-state index contributed by atoms with van der Waals surface area (Å²) in [6.45, 7) is 0.895. The van der Waals surface area contributed by atoms with Crippen molar-refractivity contribution in [3.8, 4) is 11.5 Å². The van der Waals surface area contributed by atoms with Crippen LogP contribution in [0, 0.1) is 10.1 Å². The third kappa shape index (κ3) is 5.97. The number of hydrogen-bond donors (Lipinski definition) is 1. The van der Waals surface area contributed by atoms with Crippen LogP contribution in [0.25, 0.3) is 0 Å². The van der Waals surface area contributed by atoms with E-state index in [1.807, 2.05) is 0 Å². The molecular weight excluding hydrogens is 463 g/mol. The molecule has 0 bridgehead atoms. The van der Waals surface area contributed by atoms with E-state index >= 15 is 0 Å². The molecule has 2 aromatic rings. The number of alkyl halides is 3. The Kier molecular flexibility index (Phi) is 7.81. The van der Waals surface area contributed by atoms with Gasteiger partial charge in [0.1, 0.15) is 5.56 Å². The smallest absolute Gasteiger partial charge is 0.417 e. The molecule has 1 N–H and O–H groups in total. The number of halogens is 4. The van der Waals surface area contributed by atoms with Crippen LogP contribution in [0.15, 0.2) is 24.4 Å². The fourth-order valence-electron chi connectivity index (χ4n) is 2.35. The largest absolute Gasteiger partial charge is 0.493 e. The maximum atomic E-state index is 12.6. The molecule has 0 radical (unpaired) electrons. The minimum Gasteiger partial charge on any atom is -0.493 e. The van der Waals surface area contributed by atoms with Gasteiger partial charge in [-0.1, -0.05) is 11.6 Å². The van der Waals surface area contributed by atoms with Crippen molar-refractivity contribution in [2.45, 2.75) is 13.1 Å². The first-order valence-electron chi connectivity index (χ1n) is 8.66. The molecule has 1 aromatic heterocycles. The quantitative estimate of drug-likeness (QED) is 0.344. The van der Waals surface area contributed by atoms with Crippen LogP contribution in [-0.4, -0.2) is 42.1 Å². The lowest BCUT2D eigenvalue weighted by molar-refractivity contribution is -0.385. The normalized spacial score (nSPS) is 10.9. The second-order valence-electron chi connectivity index (χ2n) is 5.89. The number of nitrogens with zero attached hydrogens (tertiary/aromatic N) is 2.